The van der Waals surface area contributed by atoms with Gasteiger partial charge in [0.2, 0.25) is 0 Å². The summed E-state index contributed by atoms with van der Waals surface area (Å²) in [6.45, 7) is 2.23. The van der Waals surface area contributed by atoms with Crippen molar-refractivity contribution >= 4 is 0 Å². The van der Waals surface area contributed by atoms with Crippen molar-refractivity contribution in [2.24, 2.45) is 0 Å². The molecule has 15 heavy (non-hydrogen) atoms. The van der Waals surface area contributed by atoms with Crippen molar-refractivity contribution in [3.63, 3.8) is 0 Å². The lowest BCUT2D eigenvalue weighted by Gasteiger charge is -2.49. The van der Waals surface area contributed by atoms with Crippen molar-refractivity contribution in [3.8, 4) is 0 Å². The first kappa shape index (κ1) is 13.0. The number of rotatable bonds is 6. The molecule has 1 rings (SSSR count). The highest BCUT2D eigenvalue weighted by atomic mass is 16.5. The third-order valence-electron chi connectivity index (χ3n) is 3.95. The molecule has 0 saturated heterocycles. The second kappa shape index (κ2) is 6.49. The minimum Gasteiger partial charge on any atom is -0.785 e. The van der Waals surface area contributed by atoms with Gasteiger partial charge in [0.05, 0.1) is 0 Å². The predicted octanol–water partition coefficient (Wildman–Crippen LogP) is 4.09. The van der Waals surface area contributed by atoms with Gasteiger partial charge in [0.15, 0.2) is 0 Å². The maximum Gasteiger partial charge on any atom is 0.00884 e. The van der Waals surface area contributed by atoms with Gasteiger partial charge >= 0.3 is 0 Å². The van der Waals surface area contributed by atoms with Crippen LogP contribution >= 0.6 is 0 Å². The van der Waals surface area contributed by atoms with Gasteiger partial charge in [0, 0.05) is 5.54 Å². The summed E-state index contributed by atoms with van der Waals surface area (Å²) in [6.07, 6.45) is 12.3. The fraction of sp³-hybridized carbons (Fsp3) is 1.00. The van der Waals surface area contributed by atoms with Crippen LogP contribution in [0.3, 0.4) is 0 Å². The average Bonchev–Trinajstić information content (AvgIpc) is 2.26. The molecule has 0 aromatic rings. The lowest BCUT2D eigenvalue weighted by atomic mass is 9.78. The number of hydroxylamine groups is 2. The van der Waals surface area contributed by atoms with Crippen molar-refractivity contribution in [2.75, 3.05) is 7.05 Å². The molecule has 0 aliphatic heterocycles. The molecule has 0 amide bonds. The molecular formula is C13H26NO-. The molecule has 2 nitrogen and oxygen atoms in total. The molecule has 0 bridgehead atoms. The van der Waals surface area contributed by atoms with Crippen LogP contribution in [0, 0.1) is 5.21 Å². The summed E-state index contributed by atoms with van der Waals surface area (Å²) in [4.78, 5) is 0. The van der Waals surface area contributed by atoms with Crippen LogP contribution in [0.25, 0.3) is 0 Å². The van der Waals surface area contributed by atoms with Crippen LogP contribution in [0.2, 0.25) is 0 Å². The van der Waals surface area contributed by atoms with E-state index in [9.17, 15) is 5.21 Å². The summed E-state index contributed by atoms with van der Waals surface area (Å²) in [7, 11) is 1.73. The molecule has 0 aromatic heterocycles. The zero-order valence-corrected chi connectivity index (χ0v) is 10.4. The molecule has 0 unspecified atom stereocenters. The topological polar surface area (TPSA) is 26.3 Å². The molecule has 1 fully saturated rings. The van der Waals surface area contributed by atoms with E-state index >= 15 is 0 Å². The van der Waals surface area contributed by atoms with E-state index in [1.54, 1.807) is 7.05 Å². The molecular weight excluding hydrogens is 186 g/mol. The zero-order valence-electron chi connectivity index (χ0n) is 10.4. The molecule has 1 aliphatic rings. The van der Waals surface area contributed by atoms with Gasteiger partial charge in [-0.3, -0.25) is 0 Å². The molecule has 0 heterocycles. The van der Waals surface area contributed by atoms with Gasteiger partial charge < -0.3 is 10.3 Å². The number of hydrogen-bond donors (Lipinski definition) is 0. The minimum absolute atomic E-state index is 0.00594. The van der Waals surface area contributed by atoms with Gasteiger partial charge in [-0.2, -0.15) is 0 Å². The van der Waals surface area contributed by atoms with E-state index in [4.69, 9.17) is 0 Å². The highest BCUT2D eigenvalue weighted by molar-refractivity contribution is 4.91. The van der Waals surface area contributed by atoms with Gasteiger partial charge in [0.25, 0.3) is 0 Å². The molecule has 1 saturated carbocycles. The first-order valence-electron chi connectivity index (χ1n) is 6.62. The first-order valence-corrected chi connectivity index (χ1v) is 6.62. The summed E-state index contributed by atoms with van der Waals surface area (Å²) < 4.78 is 0. The Labute approximate surface area is 94.6 Å². The van der Waals surface area contributed by atoms with Gasteiger partial charge in [-0.1, -0.05) is 51.9 Å². The lowest BCUT2D eigenvalue weighted by Crippen LogP contribution is -2.44. The normalized spacial score (nSPS) is 20.8. The Morgan fingerprint density at radius 3 is 2.27 bits per heavy atom. The van der Waals surface area contributed by atoms with Crippen LogP contribution in [-0.2, 0) is 0 Å². The highest BCUT2D eigenvalue weighted by Crippen LogP contribution is 2.36. The third kappa shape index (κ3) is 3.76. The second-order valence-corrected chi connectivity index (χ2v) is 5.09. The summed E-state index contributed by atoms with van der Waals surface area (Å²) in [6, 6.07) is 0. The molecule has 90 valence electrons. The molecule has 0 spiro atoms. The Morgan fingerprint density at radius 1 is 1.07 bits per heavy atom. The molecule has 2 heteroatoms. The molecule has 0 atom stereocenters. The van der Waals surface area contributed by atoms with Gasteiger partial charge in [-0.15, -0.1) is 0 Å². The largest absolute Gasteiger partial charge is 0.785 e. The Morgan fingerprint density at radius 2 is 1.73 bits per heavy atom. The van der Waals surface area contributed by atoms with Crippen LogP contribution in [0.4, 0.5) is 0 Å². The van der Waals surface area contributed by atoms with E-state index in [1.165, 1.54) is 50.0 Å². The molecule has 0 N–H and O–H groups in total. The maximum absolute atomic E-state index is 11.7. The quantitative estimate of drug-likeness (QED) is 0.489. The van der Waals surface area contributed by atoms with Crippen LogP contribution in [0.15, 0.2) is 0 Å². The fourth-order valence-corrected chi connectivity index (χ4v) is 2.81. The van der Waals surface area contributed by atoms with E-state index in [-0.39, 0.29) is 5.54 Å². The summed E-state index contributed by atoms with van der Waals surface area (Å²) >= 11 is 0. The van der Waals surface area contributed by atoms with Crippen LogP contribution in [-0.4, -0.2) is 17.6 Å². The lowest BCUT2D eigenvalue weighted by molar-refractivity contribution is 0.106. The predicted molar refractivity (Wildman–Crippen MR) is 65.7 cm³/mol. The van der Waals surface area contributed by atoms with Crippen LogP contribution in [0.1, 0.15) is 71.1 Å². The third-order valence-corrected chi connectivity index (χ3v) is 3.95. The monoisotopic (exact) mass is 212 g/mol. The Balaban J connectivity index is 2.35. The maximum atomic E-state index is 11.7. The minimum atomic E-state index is 0.00594. The van der Waals surface area contributed by atoms with E-state index in [0.29, 0.717) is 0 Å². The number of hydrogen-bond acceptors (Lipinski definition) is 2. The van der Waals surface area contributed by atoms with Gasteiger partial charge in [-0.25, -0.2) is 0 Å². The Hall–Kier alpha value is -0.0800. The fourth-order valence-electron chi connectivity index (χ4n) is 2.81. The molecule has 0 aromatic carbocycles. The Kier molecular flexibility index (Phi) is 5.62. The smallest absolute Gasteiger partial charge is 0.00884 e. The molecule has 0 radical (unpaired) electrons. The summed E-state index contributed by atoms with van der Waals surface area (Å²) in [5, 5.41) is 13.0. The van der Waals surface area contributed by atoms with Crippen molar-refractivity contribution < 1.29 is 0 Å². The van der Waals surface area contributed by atoms with Crippen LogP contribution < -0.4 is 0 Å². The highest BCUT2D eigenvalue weighted by Gasteiger charge is 2.30. The zero-order chi connectivity index (χ0) is 11.1. The van der Waals surface area contributed by atoms with Gasteiger partial charge in [0.1, 0.15) is 0 Å². The summed E-state index contributed by atoms with van der Waals surface area (Å²) in [5.74, 6) is 0. The van der Waals surface area contributed by atoms with E-state index in [1.807, 2.05) is 0 Å². The van der Waals surface area contributed by atoms with E-state index in [0.717, 1.165) is 19.3 Å². The molecule has 1 aliphatic carbocycles. The summed E-state index contributed by atoms with van der Waals surface area (Å²) in [5.41, 5.74) is 0.00594. The van der Waals surface area contributed by atoms with E-state index in [2.05, 4.69) is 6.92 Å². The SMILES string of the molecule is CCCCCCC1(N(C)[O-])CCCCC1. The van der Waals surface area contributed by atoms with Crippen molar-refractivity contribution in [1.29, 1.82) is 0 Å². The number of unbranched alkanes of at least 4 members (excludes halogenated alkanes) is 3. The van der Waals surface area contributed by atoms with Crippen molar-refractivity contribution in [2.45, 2.75) is 76.7 Å². The van der Waals surface area contributed by atoms with Crippen LogP contribution in [0.5, 0.6) is 0 Å². The van der Waals surface area contributed by atoms with Gasteiger partial charge in [-0.05, 0) is 26.3 Å². The first-order chi connectivity index (χ1) is 7.21. The van der Waals surface area contributed by atoms with Crippen molar-refractivity contribution in [1.82, 2.24) is 5.06 Å². The number of nitrogens with zero attached hydrogens (tertiary/aromatic N) is 1. The van der Waals surface area contributed by atoms with E-state index < -0.39 is 0 Å². The second-order valence-electron chi connectivity index (χ2n) is 5.09. The standard InChI is InChI=1S/C13H26NO/c1-3-4-5-7-10-13(14(2)15)11-8-6-9-12-13/h3-12H2,1-2H3/q-1. The van der Waals surface area contributed by atoms with Crippen molar-refractivity contribution in [3.05, 3.63) is 5.21 Å². The average molecular weight is 212 g/mol. The Bertz CT molecular complexity index is 162.